The number of nitrogens with one attached hydrogen (secondary N) is 4. The van der Waals surface area contributed by atoms with E-state index in [0.717, 1.165) is 46.3 Å². The number of pyridine rings is 1. The fourth-order valence-corrected chi connectivity index (χ4v) is 12.9. The highest BCUT2D eigenvalue weighted by atomic mass is 32.1. The van der Waals surface area contributed by atoms with E-state index < -0.39 is 64.1 Å². The number of benzene rings is 2. The van der Waals surface area contributed by atoms with E-state index in [1.807, 2.05) is 93.6 Å². The van der Waals surface area contributed by atoms with Gasteiger partial charge in [-0.05, 0) is 81.3 Å². The summed E-state index contributed by atoms with van der Waals surface area (Å²) in [6.45, 7) is 16.6. The van der Waals surface area contributed by atoms with Crippen LogP contribution in [0.4, 0.5) is 34.9 Å². The number of thiazole rings is 1. The van der Waals surface area contributed by atoms with Gasteiger partial charge >= 0.3 is 6.18 Å². The third-order valence-electron chi connectivity index (χ3n) is 17.4. The van der Waals surface area contributed by atoms with Crippen molar-refractivity contribution in [1.82, 2.24) is 50.2 Å². The minimum Gasteiger partial charge on any atom is -0.391 e. The Hall–Kier alpha value is -7.61. The summed E-state index contributed by atoms with van der Waals surface area (Å²) in [6.07, 6.45) is 4.09. The number of halogens is 4. The molecule has 4 aliphatic heterocycles. The Kier molecular flexibility index (Phi) is 21.1. The fraction of sp³-hybridized carbons (Fsp3) is 0.516. The second-order valence-electron chi connectivity index (χ2n) is 25.0. The van der Waals surface area contributed by atoms with Crippen LogP contribution in [0.2, 0.25) is 0 Å². The van der Waals surface area contributed by atoms with Crippen LogP contribution in [0.15, 0.2) is 77.4 Å². The maximum atomic E-state index is 16.3. The van der Waals surface area contributed by atoms with E-state index in [9.17, 15) is 47.0 Å². The molecule has 5 atom stereocenters. The van der Waals surface area contributed by atoms with Gasteiger partial charge in [-0.15, -0.1) is 11.3 Å². The highest BCUT2D eigenvalue weighted by molar-refractivity contribution is 7.13. The van der Waals surface area contributed by atoms with Gasteiger partial charge < -0.3 is 45.6 Å². The number of H-pyrrole nitrogens is 1. The van der Waals surface area contributed by atoms with E-state index in [2.05, 4.69) is 45.7 Å². The summed E-state index contributed by atoms with van der Waals surface area (Å²) in [7, 11) is 1.98. The van der Waals surface area contributed by atoms with Gasteiger partial charge in [0.15, 0.2) is 0 Å². The highest BCUT2D eigenvalue weighted by Gasteiger charge is 2.45. The zero-order chi connectivity index (χ0) is 63.9. The number of likely N-dealkylation sites (tertiary alicyclic amines) is 1. The summed E-state index contributed by atoms with van der Waals surface area (Å²) in [5.41, 5.74) is 3.05. The van der Waals surface area contributed by atoms with Crippen molar-refractivity contribution in [3.05, 3.63) is 122 Å². The Morgan fingerprint density at radius 1 is 0.854 bits per heavy atom. The van der Waals surface area contributed by atoms with E-state index in [1.54, 1.807) is 29.2 Å². The average molecular weight is 1250 g/mol. The van der Waals surface area contributed by atoms with Crippen LogP contribution in [0, 0.1) is 18.2 Å². The predicted molar refractivity (Wildman–Crippen MR) is 333 cm³/mol. The van der Waals surface area contributed by atoms with Gasteiger partial charge in [0.2, 0.25) is 35.1 Å². The Morgan fingerprint density at radius 2 is 1.54 bits per heavy atom. The van der Waals surface area contributed by atoms with Crippen molar-refractivity contribution in [3.63, 3.8) is 0 Å². The quantitative estimate of drug-likeness (QED) is 0.0373. The lowest BCUT2D eigenvalue weighted by atomic mass is 9.85. The molecule has 0 aliphatic carbocycles. The molecule has 89 heavy (non-hydrogen) atoms. The highest BCUT2D eigenvalue weighted by Crippen LogP contribution is 2.38. The first-order valence-corrected chi connectivity index (χ1v) is 31.4. The summed E-state index contributed by atoms with van der Waals surface area (Å²) < 4.78 is 58.4. The van der Waals surface area contributed by atoms with Gasteiger partial charge in [-0.2, -0.15) is 13.2 Å². The zero-order valence-corrected chi connectivity index (χ0v) is 52.4. The van der Waals surface area contributed by atoms with Gasteiger partial charge in [-0.1, -0.05) is 64.0 Å². The molecule has 2 aromatic carbocycles. The van der Waals surface area contributed by atoms with Crippen molar-refractivity contribution in [1.29, 1.82) is 0 Å². The molecule has 5 N–H and O–H groups in total. The number of aromatic nitrogens is 4. The third-order valence-corrected chi connectivity index (χ3v) is 18.4. The van der Waals surface area contributed by atoms with Crippen molar-refractivity contribution < 1.29 is 46.6 Å². The van der Waals surface area contributed by atoms with Crippen LogP contribution in [0.25, 0.3) is 16.0 Å². The van der Waals surface area contributed by atoms with Crippen LogP contribution in [-0.4, -0.2) is 170 Å². The van der Waals surface area contributed by atoms with Crippen LogP contribution in [-0.2, 0) is 38.4 Å². The number of anilines is 3. The summed E-state index contributed by atoms with van der Waals surface area (Å²) in [5.74, 6) is -2.14. The topological polar surface area (TPSA) is 233 Å². The van der Waals surface area contributed by atoms with Crippen molar-refractivity contribution in [2.24, 2.45) is 5.41 Å². The number of likely N-dealkylation sites (N-methyl/N-ethyl adjacent to an activating group) is 1. The first-order valence-electron chi connectivity index (χ1n) is 30.5. The number of hydrogen-bond donors (Lipinski definition) is 5. The van der Waals surface area contributed by atoms with Gasteiger partial charge in [0.05, 0.1) is 44.7 Å². The maximum absolute atomic E-state index is 16.3. The lowest BCUT2D eigenvalue weighted by Gasteiger charge is -2.44. The Balaban J connectivity index is 0.695. The standard InChI is InChI=1S/C64H81F4N13O7S/c1-39-34-80(35-40(2)76(39)7)52-29-50(65)47(27-51(52)74-59(86)48-33-69-55(84)28-49(48)64(66,67)68)44-18-20-79(21-19-44)62-71-31-43(32-72-62)36-77-22-24-78(25-23-77)56(85)13-11-9-8-10-12-54(83)75-58(63(4,5)6)61(88)81-37-46(82)26-53(81)60(87)70-30-42-14-16-45(17-15-42)57-41(3)73-38-89-57/h14-18,27-29,31-33,38-40,46,53,58,82H,8-13,19-26,30,34-37H2,1-7H3,(H,69,84)(H,70,87)(H,74,86)(H,75,83)/t39-,40+,46-,53+,58?/m1/s1. The first kappa shape index (κ1) is 65.8. The van der Waals surface area contributed by atoms with Crippen LogP contribution in [0.3, 0.4) is 0 Å². The largest absolute Gasteiger partial charge is 0.417 e. The Morgan fingerprint density at radius 3 is 2.17 bits per heavy atom. The average Bonchev–Trinajstić information content (AvgIpc) is 1.23. The lowest BCUT2D eigenvalue weighted by Crippen LogP contribution is -2.57. The molecular formula is C64H81F4N13O7S. The monoisotopic (exact) mass is 1250 g/mol. The van der Waals surface area contributed by atoms with Crippen molar-refractivity contribution >= 4 is 63.8 Å². The molecule has 0 radical (unpaired) electrons. The number of alkyl halides is 3. The van der Waals surface area contributed by atoms with Gasteiger partial charge in [0.1, 0.15) is 17.9 Å². The van der Waals surface area contributed by atoms with E-state index in [-0.39, 0.29) is 67.0 Å². The number of aryl methyl sites for hydroxylation is 1. The van der Waals surface area contributed by atoms with Gasteiger partial charge in [0.25, 0.3) is 5.91 Å². The fourth-order valence-electron chi connectivity index (χ4n) is 12.0. The SMILES string of the molecule is Cc1ncsc1-c1ccc(CNC(=O)[C@@H]2C[C@@H](O)CN2C(=O)C(NC(=O)CCCCCCC(=O)N2CCN(Cc3cnc(N4CC=C(c5cc(NC(=O)c6c[nH]c(=O)cc6C(F)(F)F)c(N6C[C@@H](C)N(C)[C@@H](C)C6)cc5F)CC4)nc3)CC2)C(C)(C)C)cc1. The van der Waals surface area contributed by atoms with Crippen LogP contribution in [0.5, 0.6) is 0 Å². The van der Waals surface area contributed by atoms with E-state index in [4.69, 9.17) is 0 Å². The number of nitrogens with zero attached hydrogens (tertiary/aromatic N) is 9. The van der Waals surface area contributed by atoms with Gasteiger partial charge in [-0.25, -0.2) is 19.3 Å². The normalized spacial score (nSPS) is 19.9. The molecule has 25 heteroatoms. The molecule has 478 valence electrons. The number of β-amino-alcohol motifs (C(OH)–C–C–N with tert-alkyl or cyclic N) is 1. The predicted octanol–water partition coefficient (Wildman–Crippen LogP) is 7.62. The molecule has 9 rings (SSSR count). The molecule has 5 aromatic rings. The molecule has 4 aliphatic rings. The lowest BCUT2D eigenvalue weighted by molar-refractivity contribution is -0.144. The van der Waals surface area contributed by atoms with Crippen LogP contribution < -0.4 is 31.3 Å². The van der Waals surface area contributed by atoms with Crippen LogP contribution in [0.1, 0.15) is 124 Å². The van der Waals surface area contributed by atoms with Crippen molar-refractivity contribution in [2.45, 2.75) is 142 Å². The number of unbranched alkanes of at least 4 members (excludes halogenated alkanes) is 3. The minimum absolute atomic E-state index is 0.0143. The van der Waals surface area contributed by atoms with E-state index >= 15 is 4.39 Å². The summed E-state index contributed by atoms with van der Waals surface area (Å²) >= 11 is 1.56. The molecule has 3 aromatic heterocycles. The number of aliphatic hydroxyl groups is 1. The molecule has 20 nitrogen and oxygen atoms in total. The number of hydrogen-bond acceptors (Lipinski definition) is 15. The number of aromatic amines is 1. The molecular weight excluding hydrogens is 1170 g/mol. The number of carbonyl (C=O) groups is 5. The summed E-state index contributed by atoms with van der Waals surface area (Å²) in [4.78, 5) is 108. The van der Waals surface area contributed by atoms with E-state index in [1.165, 1.54) is 17.0 Å². The second kappa shape index (κ2) is 28.5. The van der Waals surface area contributed by atoms with Gasteiger partial charge in [0, 0.05) is 139 Å². The summed E-state index contributed by atoms with van der Waals surface area (Å²) in [5, 5.41) is 19.1. The number of aliphatic hydroxyl groups excluding tert-OH is 1. The molecule has 3 saturated heterocycles. The number of rotatable bonds is 20. The Labute approximate surface area is 520 Å². The van der Waals surface area contributed by atoms with E-state index in [0.29, 0.717) is 108 Å². The van der Waals surface area contributed by atoms with Crippen molar-refractivity contribution in [2.75, 3.05) is 81.1 Å². The zero-order valence-electron chi connectivity index (χ0n) is 51.6. The first-order chi connectivity index (χ1) is 42.3. The molecule has 0 spiro atoms. The minimum atomic E-state index is -4.98. The third kappa shape index (κ3) is 16.4. The number of amides is 5. The van der Waals surface area contributed by atoms with Crippen molar-refractivity contribution in [3.8, 4) is 10.4 Å². The number of piperazine rings is 2. The molecule has 0 bridgehead atoms. The molecule has 7 heterocycles. The molecule has 1 unspecified atom stereocenters. The Bertz CT molecular complexity index is 3430. The second-order valence-corrected chi connectivity index (χ2v) is 25.9. The maximum Gasteiger partial charge on any atom is 0.417 e. The molecule has 0 saturated carbocycles. The molecule has 3 fully saturated rings. The smallest absolute Gasteiger partial charge is 0.391 e. The summed E-state index contributed by atoms with van der Waals surface area (Å²) in [6, 6.07) is 9.28. The van der Waals surface area contributed by atoms with Crippen LogP contribution >= 0.6 is 11.3 Å². The number of carbonyl (C=O) groups excluding carboxylic acids is 5. The van der Waals surface area contributed by atoms with Gasteiger partial charge in [-0.3, -0.25) is 38.6 Å². The molecule has 5 amide bonds.